The summed E-state index contributed by atoms with van der Waals surface area (Å²) in [6.07, 6.45) is 0. The number of hydrogen-bond acceptors (Lipinski definition) is 6. The maximum Gasteiger partial charge on any atom is 0.355 e. The average Bonchev–Trinajstić information content (AvgIpc) is 3.42. The standard InChI is InChI=1S/C33H23N6O3P/c40-33-37-28-22-13-23-29(39(41)42)30(28)34-31(32(37)35-38(33)24-14-5-1-6-15-24)36-43(25-16-7-2-8-17-25,26-18-9-3-10-19-26)27-20-11-4-12-21-27/h1-23H. The molecule has 0 amide bonds. The third kappa shape index (κ3) is 4.34. The molecule has 0 fully saturated rings. The minimum atomic E-state index is -2.85. The monoisotopic (exact) mass is 582 g/mol. The first kappa shape index (κ1) is 26.3. The smallest absolute Gasteiger partial charge is 0.258 e. The number of benzene rings is 5. The first-order valence-electron chi connectivity index (χ1n) is 13.5. The maximum absolute atomic E-state index is 14.0. The maximum atomic E-state index is 14.0. The number of non-ortho nitro benzene ring substituents is 1. The molecular formula is C33H23N6O3P. The Hall–Kier alpha value is -5.66. The largest absolute Gasteiger partial charge is 0.355 e. The van der Waals surface area contributed by atoms with E-state index >= 15 is 0 Å². The molecule has 9 nitrogen and oxygen atoms in total. The number of nitrogens with zero attached hydrogens (tertiary/aromatic N) is 6. The molecule has 43 heavy (non-hydrogen) atoms. The molecule has 10 heteroatoms. The average molecular weight is 583 g/mol. The molecule has 0 saturated carbocycles. The van der Waals surface area contributed by atoms with Crippen LogP contribution in [0.4, 0.5) is 11.5 Å². The molecule has 0 bridgehead atoms. The van der Waals surface area contributed by atoms with Crippen LogP contribution in [0.25, 0.3) is 22.4 Å². The number of fused-ring (bicyclic) bond motifs is 3. The topological polar surface area (TPSA) is 108 Å². The fraction of sp³-hybridized carbons (Fsp3) is 0. The van der Waals surface area contributed by atoms with Gasteiger partial charge in [-0.2, -0.15) is 4.68 Å². The van der Waals surface area contributed by atoms with Crippen molar-refractivity contribution in [1.29, 1.82) is 0 Å². The van der Waals surface area contributed by atoms with Gasteiger partial charge in [-0.05, 0) is 18.2 Å². The van der Waals surface area contributed by atoms with Gasteiger partial charge in [-0.25, -0.2) is 18.9 Å². The highest BCUT2D eigenvalue weighted by atomic mass is 31.2. The second-order valence-electron chi connectivity index (χ2n) is 9.77. The number of nitro benzene ring substituents is 1. The summed E-state index contributed by atoms with van der Waals surface area (Å²) in [5, 5.41) is 19.8. The molecule has 0 aliphatic rings. The van der Waals surface area contributed by atoms with E-state index in [-0.39, 0.29) is 28.2 Å². The summed E-state index contributed by atoms with van der Waals surface area (Å²) < 4.78 is 8.12. The molecule has 0 saturated heterocycles. The Morgan fingerprint density at radius 3 is 1.70 bits per heavy atom. The van der Waals surface area contributed by atoms with E-state index in [1.807, 2.05) is 109 Å². The van der Waals surface area contributed by atoms with Crippen LogP contribution in [-0.4, -0.2) is 24.1 Å². The molecule has 5 aromatic carbocycles. The molecule has 2 aromatic heterocycles. The number of hydrogen-bond donors (Lipinski definition) is 0. The van der Waals surface area contributed by atoms with Crippen LogP contribution in [0.3, 0.4) is 0 Å². The fourth-order valence-electron chi connectivity index (χ4n) is 5.35. The van der Waals surface area contributed by atoms with Crippen molar-refractivity contribution in [3.05, 3.63) is 160 Å². The molecule has 7 rings (SSSR count). The fourth-order valence-corrected chi connectivity index (χ4v) is 8.82. The SMILES string of the molecule is O=c1n(-c2ccccc2)nc2c(N=P(c3ccccc3)(c3ccccc3)c3ccccc3)nc3c([N+](=O)[O-])cccc3n12. The van der Waals surface area contributed by atoms with Crippen molar-refractivity contribution in [2.24, 2.45) is 4.74 Å². The lowest BCUT2D eigenvalue weighted by atomic mass is 10.2. The van der Waals surface area contributed by atoms with Crippen LogP contribution in [0.15, 0.2) is 149 Å². The Balaban J connectivity index is 1.71. The Morgan fingerprint density at radius 1 is 0.674 bits per heavy atom. The number of rotatable bonds is 6. The van der Waals surface area contributed by atoms with Crippen molar-refractivity contribution in [1.82, 2.24) is 19.2 Å². The van der Waals surface area contributed by atoms with Crippen LogP contribution in [0.2, 0.25) is 0 Å². The lowest BCUT2D eigenvalue weighted by Gasteiger charge is -2.26. The Labute approximate surface area is 245 Å². The summed E-state index contributed by atoms with van der Waals surface area (Å²) >= 11 is 0. The molecule has 0 radical (unpaired) electrons. The Morgan fingerprint density at radius 2 is 1.19 bits per heavy atom. The van der Waals surface area contributed by atoms with Crippen molar-refractivity contribution < 1.29 is 4.92 Å². The van der Waals surface area contributed by atoms with E-state index in [4.69, 9.17) is 14.8 Å². The predicted octanol–water partition coefficient (Wildman–Crippen LogP) is 5.75. The lowest BCUT2D eigenvalue weighted by molar-refractivity contribution is -0.383. The van der Waals surface area contributed by atoms with Crippen LogP contribution in [-0.2, 0) is 0 Å². The van der Waals surface area contributed by atoms with Crippen LogP contribution in [0, 0.1) is 10.1 Å². The molecule has 0 atom stereocenters. The summed E-state index contributed by atoms with van der Waals surface area (Å²) in [6.45, 7) is 0. The van der Waals surface area contributed by atoms with Crippen molar-refractivity contribution in [2.45, 2.75) is 0 Å². The van der Waals surface area contributed by atoms with Gasteiger partial charge in [-0.3, -0.25) is 10.1 Å². The van der Waals surface area contributed by atoms with Gasteiger partial charge in [0, 0.05) is 22.0 Å². The van der Waals surface area contributed by atoms with Crippen molar-refractivity contribution in [3.63, 3.8) is 0 Å². The summed E-state index contributed by atoms with van der Waals surface area (Å²) in [5.74, 6) is 0.137. The Bertz CT molecular complexity index is 2130. The van der Waals surface area contributed by atoms with E-state index in [1.165, 1.54) is 15.1 Å². The highest BCUT2D eigenvalue weighted by Gasteiger charge is 2.30. The predicted molar refractivity (Wildman–Crippen MR) is 170 cm³/mol. The van der Waals surface area contributed by atoms with Gasteiger partial charge in [0.15, 0.2) is 11.3 Å². The van der Waals surface area contributed by atoms with E-state index < -0.39 is 17.7 Å². The zero-order valence-corrected chi connectivity index (χ0v) is 23.5. The molecule has 0 N–H and O–H groups in total. The molecule has 0 aliphatic heterocycles. The van der Waals surface area contributed by atoms with Gasteiger partial charge >= 0.3 is 5.69 Å². The first-order chi connectivity index (χ1) is 21.1. The van der Waals surface area contributed by atoms with Gasteiger partial charge in [0.25, 0.3) is 5.69 Å². The summed E-state index contributed by atoms with van der Waals surface area (Å²) in [5.41, 5.74) is 0.385. The highest BCUT2D eigenvalue weighted by Crippen LogP contribution is 2.49. The first-order valence-corrected chi connectivity index (χ1v) is 15.3. The van der Waals surface area contributed by atoms with E-state index in [0.29, 0.717) is 5.69 Å². The van der Waals surface area contributed by atoms with Gasteiger partial charge in [-0.15, -0.1) is 5.10 Å². The summed E-state index contributed by atoms with van der Waals surface area (Å²) in [7, 11) is -2.85. The normalized spacial score (nSPS) is 11.5. The Kier molecular flexibility index (Phi) is 6.49. The zero-order chi connectivity index (χ0) is 29.4. The molecule has 208 valence electrons. The van der Waals surface area contributed by atoms with Gasteiger partial charge in [-0.1, -0.05) is 115 Å². The molecule has 2 heterocycles. The van der Waals surface area contributed by atoms with Crippen molar-refractivity contribution in [2.75, 3.05) is 0 Å². The number of para-hydroxylation sites is 2. The minimum Gasteiger partial charge on any atom is -0.258 e. The third-order valence-corrected chi connectivity index (χ3v) is 10.9. The van der Waals surface area contributed by atoms with Gasteiger partial charge in [0.2, 0.25) is 5.65 Å². The second kappa shape index (κ2) is 10.6. The quantitative estimate of drug-likeness (QED) is 0.141. The molecule has 0 unspecified atom stereocenters. The van der Waals surface area contributed by atoms with Crippen LogP contribution < -0.4 is 21.6 Å². The number of nitro groups is 1. The summed E-state index contributed by atoms with van der Waals surface area (Å²) in [4.78, 5) is 30.5. The molecular weight excluding hydrogens is 559 g/mol. The van der Waals surface area contributed by atoms with E-state index in [1.54, 1.807) is 24.3 Å². The molecule has 0 aliphatic carbocycles. The van der Waals surface area contributed by atoms with Crippen LogP contribution in [0.5, 0.6) is 0 Å². The van der Waals surface area contributed by atoms with Gasteiger partial charge < -0.3 is 0 Å². The van der Waals surface area contributed by atoms with Crippen molar-refractivity contribution >= 4 is 51.2 Å². The van der Waals surface area contributed by atoms with Crippen LogP contribution >= 0.6 is 7.05 Å². The highest BCUT2D eigenvalue weighted by molar-refractivity contribution is 7.87. The minimum absolute atomic E-state index is 0.0562. The zero-order valence-electron chi connectivity index (χ0n) is 22.6. The third-order valence-electron chi connectivity index (χ3n) is 7.26. The lowest BCUT2D eigenvalue weighted by Crippen LogP contribution is -2.25. The molecule has 0 spiro atoms. The van der Waals surface area contributed by atoms with Crippen molar-refractivity contribution in [3.8, 4) is 5.69 Å². The second-order valence-corrected chi connectivity index (χ2v) is 12.8. The molecule has 7 aromatic rings. The van der Waals surface area contributed by atoms with Crippen LogP contribution in [0.1, 0.15) is 0 Å². The summed E-state index contributed by atoms with van der Waals surface area (Å²) in [6, 6.07) is 43.4. The van der Waals surface area contributed by atoms with E-state index in [2.05, 4.69) is 0 Å². The van der Waals surface area contributed by atoms with E-state index in [0.717, 1.165) is 15.9 Å². The van der Waals surface area contributed by atoms with Gasteiger partial charge in [0.1, 0.15) is 0 Å². The van der Waals surface area contributed by atoms with Gasteiger partial charge in [0.05, 0.1) is 23.2 Å². The number of aromatic nitrogens is 4. The van der Waals surface area contributed by atoms with E-state index in [9.17, 15) is 14.9 Å².